The van der Waals surface area contributed by atoms with Crippen LogP contribution in [0, 0.1) is 6.92 Å². The Morgan fingerprint density at radius 1 is 1.67 bits per heavy atom. The van der Waals surface area contributed by atoms with Gasteiger partial charge in [0.25, 0.3) is 0 Å². The number of carbonyl (C=O) groups is 1. The SMILES string of the molecule is Cc1cnc(C(C)NCc2cc(C(=O)O)no2)s1. The van der Waals surface area contributed by atoms with Crippen LogP contribution in [-0.4, -0.2) is 21.2 Å². The Morgan fingerprint density at radius 2 is 2.44 bits per heavy atom. The van der Waals surface area contributed by atoms with Gasteiger partial charge in [0.1, 0.15) is 5.01 Å². The lowest BCUT2D eigenvalue weighted by atomic mass is 10.3. The normalized spacial score (nSPS) is 12.6. The quantitative estimate of drug-likeness (QED) is 0.861. The molecule has 0 aromatic carbocycles. The highest BCUT2D eigenvalue weighted by Crippen LogP contribution is 2.19. The molecule has 0 amide bonds. The molecule has 0 fully saturated rings. The highest BCUT2D eigenvalue weighted by atomic mass is 32.1. The summed E-state index contributed by atoms with van der Waals surface area (Å²) in [4.78, 5) is 16.1. The maximum absolute atomic E-state index is 10.6. The second-order valence-electron chi connectivity index (χ2n) is 3.90. The number of hydrogen-bond acceptors (Lipinski definition) is 6. The summed E-state index contributed by atoms with van der Waals surface area (Å²) in [7, 11) is 0. The summed E-state index contributed by atoms with van der Waals surface area (Å²) < 4.78 is 4.91. The first kappa shape index (κ1) is 12.7. The monoisotopic (exact) mass is 267 g/mol. The molecule has 0 radical (unpaired) electrons. The number of hydrogen-bond donors (Lipinski definition) is 2. The van der Waals surface area contributed by atoms with Crippen molar-refractivity contribution in [1.82, 2.24) is 15.5 Å². The summed E-state index contributed by atoms with van der Waals surface area (Å²) in [6.45, 7) is 4.41. The van der Waals surface area contributed by atoms with Gasteiger partial charge < -0.3 is 14.9 Å². The van der Waals surface area contributed by atoms with E-state index in [1.165, 1.54) is 6.07 Å². The molecular weight excluding hydrogens is 254 g/mol. The summed E-state index contributed by atoms with van der Waals surface area (Å²) in [5, 5.41) is 16.3. The van der Waals surface area contributed by atoms with E-state index < -0.39 is 5.97 Å². The molecule has 2 heterocycles. The third kappa shape index (κ3) is 2.93. The molecule has 0 aliphatic carbocycles. The summed E-state index contributed by atoms with van der Waals surface area (Å²) in [6.07, 6.45) is 1.83. The largest absolute Gasteiger partial charge is 0.476 e. The standard InChI is InChI=1S/C11H13N3O3S/c1-6-4-13-10(18-6)7(2)12-5-8-3-9(11(15)16)14-17-8/h3-4,7,12H,5H2,1-2H3,(H,15,16). The van der Waals surface area contributed by atoms with Gasteiger partial charge in [0.05, 0.1) is 12.6 Å². The first-order chi connectivity index (χ1) is 8.56. The average Bonchev–Trinajstić information content (AvgIpc) is 2.94. The van der Waals surface area contributed by atoms with Crippen LogP contribution in [0.15, 0.2) is 16.8 Å². The molecule has 0 bridgehead atoms. The van der Waals surface area contributed by atoms with Crippen molar-refractivity contribution in [1.29, 1.82) is 0 Å². The summed E-state index contributed by atoms with van der Waals surface area (Å²) >= 11 is 1.63. The van der Waals surface area contributed by atoms with Crippen LogP contribution in [-0.2, 0) is 6.54 Å². The Morgan fingerprint density at radius 3 is 3.00 bits per heavy atom. The van der Waals surface area contributed by atoms with Crippen LogP contribution in [0.25, 0.3) is 0 Å². The van der Waals surface area contributed by atoms with Gasteiger partial charge in [-0.1, -0.05) is 5.16 Å². The molecule has 96 valence electrons. The number of thiazole rings is 1. The van der Waals surface area contributed by atoms with Crippen molar-refractivity contribution in [2.75, 3.05) is 0 Å². The van der Waals surface area contributed by atoms with Gasteiger partial charge in [-0.25, -0.2) is 9.78 Å². The van der Waals surface area contributed by atoms with Gasteiger partial charge >= 0.3 is 5.97 Å². The maximum atomic E-state index is 10.6. The van der Waals surface area contributed by atoms with Gasteiger partial charge in [-0.05, 0) is 13.8 Å². The van der Waals surface area contributed by atoms with Crippen molar-refractivity contribution in [2.45, 2.75) is 26.4 Å². The lowest BCUT2D eigenvalue weighted by Crippen LogP contribution is -2.17. The van der Waals surface area contributed by atoms with Gasteiger partial charge in [-0.3, -0.25) is 0 Å². The molecule has 2 aromatic rings. The number of nitrogens with one attached hydrogen (secondary N) is 1. The van der Waals surface area contributed by atoms with E-state index >= 15 is 0 Å². The molecule has 2 aromatic heterocycles. The highest BCUT2D eigenvalue weighted by molar-refractivity contribution is 7.11. The second kappa shape index (κ2) is 5.28. The lowest BCUT2D eigenvalue weighted by Gasteiger charge is -2.08. The fraction of sp³-hybridized carbons (Fsp3) is 0.364. The molecule has 18 heavy (non-hydrogen) atoms. The Labute approximate surface area is 108 Å². The molecule has 2 rings (SSSR count). The van der Waals surface area contributed by atoms with Gasteiger partial charge in [-0.15, -0.1) is 11.3 Å². The van der Waals surface area contributed by atoms with E-state index in [0.717, 1.165) is 9.88 Å². The van der Waals surface area contributed by atoms with E-state index in [2.05, 4.69) is 15.5 Å². The zero-order valence-electron chi connectivity index (χ0n) is 10.0. The van der Waals surface area contributed by atoms with Crippen molar-refractivity contribution in [2.24, 2.45) is 0 Å². The topological polar surface area (TPSA) is 88.2 Å². The van der Waals surface area contributed by atoms with Crippen LogP contribution in [0.5, 0.6) is 0 Å². The van der Waals surface area contributed by atoms with Gasteiger partial charge in [0.2, 0.25) is 0 Å². The first-order valence-corrected chi connectivity index (χ1v) is 6.22. The highest BCUT2D eigenvalue weighted by Gasteiger charge is 2.13. The molecule has 0 saturated heterocycles. The van der Waals surface area contributed by atoms with Gasteiger partial charge in [-0.2, -0.15) is 0 Å². The number of aryl methyl sites for hydroxylation is 1. The molecule has 7 heteroatoms. The number of nitrogens with zero attached hydrogens (tertiary/aromatic N) is 2. The van der Waals surface area contributed by atoms with E-state index in [-0.39, 0.29) is 11.7 Å². The zero-order valence-corrected chi connectivity index (χ0v) is 10.8. The molecule has 0 aliphatic rings. The molecule has 2 N–H and O–H groups in total. The predicted molar refractivity (Wildman–Crippen MR) is 65.6 cm³/mol. The number of aromatic carboxylic acids is 1. The van der Waals surface area contributed by atoms with E-state index in [1.54, 1.807) is 11.3 Å². The summed E-state index contributed by atoms with van der Waals surface area (Å²) in [5.41, 5.74) is -0.0791. The fourth-order valence-electron chi connectivity index (χ4n) is 1.41. The smallest absolute Gasteiger partial charge is 0.358 e. The van der Waals surface area contributed by atoms with Crippen LogP contribution >= 0.6 is 11.3 Å². The number of carboxylic acids is 1. The maximum Gasteiger partial charge on any atom is 0.358 e. The lowest BCUT2D eigenvalue weighted by molar-refractivity contribution is 0.0685. The zero-order chi connectivity index (χ0) is 13.1. The van der Waals surface area contributed by atoms with Crippen LogP contribution in [0.1, 0.15) is 39.1 Å². The van der Waals surface area contributed by atoms with Crippen molar-refractivity contribution in [3.8, 4) is 0 Å². The van der Waals surface area contributed by atoms with Gasteiger partial charge in [0, 0.05) is 17.1 Å². The minimum Gasteiger partial charge on any atom is -0.476 e. The first-order valence-electron chi connectivity index (χ1n) is 5.41. The Hall–Kier alpha value is -1.73. The molecular formula is C11H13N3O3S. The minimum atomic E-state index is -1.09. The molecule has 0 saturated carbocycles. The van der Waals surface area contributed by atoms with Crippen molar-refractivity contribution >= 4 is 17.3 Å². The average molecular weight is 267 g/mol. The number of carboxylic acid groups (broad SMARTS) is 1. The van der Waals surface area contributed by atoms with Crippen LogP contribution in [0.2, 0.25) is 0 Å². The van der Waals surface area contributed by atoms with Crippen LogP contribution < -0.4 is 5.32 Å². The predicted octanol–water partition coefficient (Wildman–Crippen LogP) is 1.99. The Kier molecular flexibility index (Phi) is 3.73. The van der Waals surface area contributed by atoms with E-state index in [0.29, 0.717) is 12.3 Å². The third-order valence-electron chi connectivity index (χ3n) is 2.37. The third-order valence-corrected chi connectivity index (χ3v) is 3.47. The van der Waals surface area contributed by atoms with Crippen molar-refractivity contribution in [3.05, 3.63) is 33.6 Å². The summed E-state index contributed by atoms with van der Waals surface area (Å²) in [6, 6.07) is 1.50. The van der Waals surface area contributed by atoms with E-state index in [4.69, 9.17) is 9.63 Å². The molecule has 1 atom stereocenters. The van der Waals surface area contributed by atoms with E-state index in [9.17, 15) is 4.79 Å². The summed E-state index contributed by atoms with van der Waals surface area (Å²) in [5.74, 6) is -0.596. The van der Waals surface area contributed by atoms with Crippen LogP contribution in [0.4, 0.5) is 0 Å². The number of aromatic nitrogens is 2. The second-order valence-corrected chi connectivity index (χ2v) is 5.16. The van der Waals surface area contributed by atoms with Crippen molar-refractivity contribution < 1.29 is 14.4 Å². The minimum absolute atomic E-state index is 0.0791. The molecule has 0 aliphatic heterocycles. The Bertz CT molecular complexity index is 549. The van der Waals surface area contributed by atoms with Crippen LogP contribution in [0.3, 0.4) is 0 Å². The fourth-order valence-corrected chi connectivity index (χ4v) is 2.21. The van der Waals surface area contributed by atoms with Crippen molar-refractivity contribution in [3.63, 3.8) is 0 Å². The molecule has 6 nitrogen and oxygen atoms in total. The number of rotatable bonds is 5. The molecule has 0 spiro atoms. The van der Waals surface area contributed by atoms with E-state index in [1.807, 2.05) is 20.0 Å². The molecule has 1 unspecified atom stereocenters. The van der Waals surface area contributed by atoms with Gasteiger partial charge in [0.15, 0.2) is 11.5 Å². The Balaban J connectivity index is 1.92.